The lowest BCUT2D eigenvalue weighted by Crippen LogP contribution is -2.33. The fraction of sp³-hybridized carbons (Fsp3) is 0.214. The number of para-hydroxylation sites is 1. The molecular formula is C28H28N4O. The lowest BCUT2D eigenvalue weighted by Gasteiger charge is -2.22. The van der Waals surface area contributed by atoms with Crippen LogP contribution in [0.4, 0.5) is 5.69 Å². The summed E-state index contributed by atoms with van der Waals surface area (Å²) in [6, 6.07) is 22.8. The summed E-state index contributed by atoms with van der Waals surface area (Å²) in [7, 11) is 4.15. The third kappa shape index (κ3) is 4.08. The molecule has 0 spiro atoms. The highest BCUT2D eigenvalue weighted by molar-refractivity contribution is 6.06. The molecule has 0 bridgehead atoms. The largest absolute Gasteiger partial charge is 0.325 e. The molecule has 0 fully saturated rings. The van der Waals surface area contributed by atoms with Gasteiger partial charge in [0.25, 0.3) is 0 Å². The highest BCUT2D eigenvalue weighted by atomic mass is 16.2. The van der Waals surface area contributed by atoms with E-state index in [4.69, 9.17) is 0 Å². The molecule has 166 valence electrons. The van der Waals surface area contributed by atoms with Crippen LogP contribution in [0.25, 0.3) is 23.1 Å². The SMILES string of the molecule is CN(C)Cc1ccc(/C=C/c2n[nH]c3cc(C[C@@]4(C)C(=O)Nc5ccccc54)ccc23)cc1. The van der Waals surface area contributed by atoms with Gasteiger partial charge in [0.1, 0.15) is 0 Å². The first-order valence-corrected chi connectivity index (χ1v) is 11.2. The van der Waals surface area contributed by atoms with E-state index in [1.807, 2.05) is 37.3 Å². The molecule has 0 radical (unpaired) electrons. The van der Waals surface area contributed by atoms with Gasteiger partial charge in [0.05, 0.1) is 16.6 Å². The molecule has 2 N–H and O–H groups in total. The van der Waals surface area contributed by atoms with E-state index in [1.165, 1.54) is 5.56 Å². The Morgan fingerprint density at radius 3 is 2.52 bits per heavy atom. The number of anilines is 1. The van der Waals surface area contributed by atoms with Crippen LogP contribution in [0, 0.1) is 0 Å². The molecular weight excluding hydrogens is 408 g/mol. The molecule has 1 aliphatic rings. The molecule has 0 aliphatic carbocycles. The number of aromatic amines is 1. The van der Waals surface area contributed by atoms with Crippen molar-refractivity contribution >= 4 is 34.6 Å². The average molecular weight is 437 g/mol. The van der Waals surface area contributed by atoms with Crippen LogP contribution in [0.2, 0.25) is 0 Å². The molecule has 0 saturated carbocycles. The predicted octanol–water partition coefficient (Wildman–Crippen LogP) is 5.25. The minimum absolute atomic E-state index is 0.0497. The average Bonchev–Trinajstić information content (AvgIpc) is 3.31. The van der Waals surface area contributed by atoms with Gasteiger partial charge in [0, 0.05) is 17.6 Å². The molecule has 2 heterocycles. The topological polar surface area (TPSA) is 61.0 Å². The van der Waals surface area contributed by atoms with Gasteiger partial charge in [-0.2, -0.15) is 5.10 Å². The Balaban J connectivity index is 1.36. The number of hydrogen-bond acceptors (Lipinski definition) is 3. The van der Waals surface area contributed by atoms with Crippen molar-refractivity contribution < 1.29 is 4.79 Å². The van der Waals surface area contributed by atoms with Gasteiger partial charge in [0.2, 0.25) is 5.91 Å². The van der Waals surface area contributed by atoms with Crippen molar-refractivity contribution in [3.05, 3.63) is 94.7 Å². The number of rotatable bonds is 6. The number of nitrogens with one attached hydrogen (secondary N) is 2. The highest BCUT2D eigenvalue weighted by Gasteiger charge is 2.42. The molecule has 1 aromatic heterocycles. The summed E-state index contributed by atoms with van der Waals surface area (Å²) in [6.07, 6.45) is 4.76. The van der Waals surface area contributed by atoms with Crippen molar-refractivity contribution in [2.45, 2.75) is 25.3 Å². The summed E-state index contributed by atoms with van der Waals surface area (Å²) in [5.74, 6) is 0.0497. The van der Waals surface area contributed by atoms with Crippen LogP contribution in [0.3, 0.4) is 0 Å². The Bertz CT molecular complexity index is 1350. The van der Waals surface area contributed by atoms with Crippen molar-refractivity contribution in [2.75, 3.05) is 19.4 Å². The third-order valence-electron chi connectivity index (χ3n) is 6.40. The quantitative estimate of drug-likeness (QED) is 0.434. The molecule has 4 aromatic rings. The summed E-state index contributed by atoms with van der Waals surface area (Å²) in [6.45, 7) is 2.95. The van der Waals surface area contributed by atoms with Crippen LogP contribution < -0.4 is 5.32 Å². The number of carbonyl (C=O) groups is 1. The summed E-state index contributed by atoms with van der Waals surface area (Å²) in [5, 5.41) is 11.8. The first-order chi connectivity index (χ1) is 15.9. The van der Waals surface area contributed by atoms with Crippen LogP contribution in [-0.2, 0) is 23.2 Å². The second kappa shape index (κ2) is 8.34. The van der Waals surface area contributed by atoms with E-state index in [1.54, 1.807) is 0 Å². The Morgan fingerprint density at radius 2 is 1.73 bits per heavy atom. The van der Waals surface area contributed by atoms with Gasteiger partial charge < -0.3 is 10.2 Å². The fourth-order valence-corrected chi connectivity index (χ4v) is 4.64. The minimum atomic E-state index is -0.578. The van der Waals surface area contributed by atoms with Gasteiger partial charge in [-0.25, -0.2) is 0 Å². The first-order valence-electron chi connectivity index (χ1n) is 11.2. The first kappa shape index (κ1) is 21.2. The molecule has 3 aromatic carbocycles. The van der Waals surface area contributed by atoms with Gasteiger partial charge in [-0.3, -0.25) is 9.89 Å². The monoisotopic (exact) mass is 436 g/mol. The zero-order valence-electron chi connectivity index (χ0n) is 19.2. The molecule has 5 rings (SSSR count). The van der Waals surface area contributed by atoms with E-state index >= 15 is 0 Å². The normalized spacial score (nSPS) is 17.8. The molecule has 0 unspecified atom stereocenters. The Hall–Kier alpha value is -3.70. The minimum Gasteiger partial charge on any atom is -0.325 e. The summed E-state index contributed by atoms with van der Waals surface area (Å²) in [4.78, 5) is 14.9. The van der Waals surface area contributed by atoms with E-state index in [9.17, 15) is 4.79 Å². The van der Waals surface area contributed by atoms with Gasteiger partial charge in [-0.1, -0.05) is 60.7 Å². The van der Waals surface area contributed by atoms with E-state index in [2.05, 4.69) is 83.0 Å². The maximum Gasteiger partial charge on any atom is 0.235 e. The molecule has 0 saturated heterocycles. The number of benzene rings is 3. The summed E-state index contributed by atoms with van der Waals surface area (Å²) in [5.41, 5.74) is 6.81. The molecule has 1 amide bonds. The standard InChI is InChI=1S/C28H28N4O/c1-28(23-6-4-5-7-25(23)29-27(28)33)17-21-12-14-22-24(30-31-26(22)16-21)15-13-19-8-10-20(11-9-19)18-32(2)3/h4-16H,17-18H2,1-3H3,(H,29,33)(H,30,31)/b15-13+/t28-/m1/s1. The van der Waals surface area contributed by atoms with Crippen LogP contribution >= 0.6 is 0 Å². The zero-order valence-corrected chi connectivity index (χ0v) is 19.2. The zero-order chi connectivity index (χ0) is 23.0. The predicted molar refractivity (Wildman–Crippen MR) is 135 cm³/mol. The van der Waals surface area contributed by atoms with E-state index in [0.29, 0.717) is 6.42 Å². The van der Waals surface area contributed by atoms with Crippen molar-refractivity contribution in [1.29, 1.82) is 0 Å². The number of carbonyl (C=O) groups excluding carboxylic acids is 1. The lowest BCUT2D eigenvalue weighted by molar-refractivity contribution is -0.120. The second-order valence-electron chi connectivity index (χ2n) is 9.31. The van der Waals surface area contributed by atoms with Gasteiger partial charge in [0.15, 0.2) is 0 Å². The van der Waals surface area contributed by atoms with E-state index in [0.717, 1.165) is 45.5 Å². The van der Waals surface area contributed by atoms with Gasteiger partial charge in [-0.15, -0.1) is 0 Å². The molecule has 5 heteroatoms. The Morgan fingerprint density at radius 1 is 0.970 bits per heavy atom. The third-order valence-corrected chi connectivity index (χ3v) is 6.40. The number of hydrogen-bond donors (Lipinski definition) is 2. The van der Waals surface area contributed by atoms with Crippen LogP contribution in [-0.4, -0.2) is 35.1 Å². The lowest BCUT2D eigenvalue weighted by atomic mass is 9.78. The molecule has 5 nitrogen and oxygen atoms in total. The van der Waals surface area contributed by atoms with Crippen LogP contribution in [0.15, 0.2) is 66.7 Å². The summed E-state index contributed by atoms with van der Waals surface area (Å²) >= 11 is 0. The van der Waals surface area contributed by atoms with Crippen molar-refractivity contribution in [1.82, 2.24) is 15.1 Å². The maximum atomic E-state index is 12.8. The number of aromatic nitrogens is 2. The number of fused-ring (bicyclic) bond motifs is 2. The van der Waals surface area contributed by atoms with Crippen LogP contribution in [0.5, 0.6) is 0 Å². The molecule has 33 heavy (non-hydrogen) atoms. The maximum absolute atomic E-state index is 12.8. The number of amides is 1. The van der Waals surface area contributed by atoms with Gasteiger partial charge in [-0.05, 0) is 67.9 Å². The van der Waals surface area contributed by atoms with Crippen molar-refractivity contribution in [3.63, 3.8) is 0 Å². The number of nitrogens with zero attached hydrogens (tertiary/aromatic N) is 2. The Kier molecular flexibility index (Phi) is 5.35. The fourth-order valence-electron chi connectivity index (χ4n) is 4.64. The molecule has 1 atom stereocenters. The van der Waals surface area contributed by atoms with E-state index in [-0.39, 0.29) is 5.91 Å². The number of H-pyrrole nitrogens is 1. The Labute approximate surface area is 194 Å². The van der Waals surface area contributed by atoms with Crippen molar-refractivity contribution in [3.8, 4) is 0 Å². The highest BCUT2D eigenvalue weighted by Crippen LogP contribution is 2.40. The summed E-state index contributed by atoms with van der Waals surface area (Å²) < 4.78 is 0. The van der Waals surface area contributed by atoms with Crippen molar-refractivity contribution in [2.24, 2.45) is 0 Å². The smallest absolute Gasteiger partial charge is 0.235 e. The van der Waals surface area contributed by atoms with Crippen LogP contribution in [0.1, 0.15) is 34.9 Å². The van der Waals surface area contributed by atoms with E-state index < -0.39 is 5.41 Å². The second-order valence-corrected chi connectivity index (χ2v) is 9.31. The van der Waals surface area contributed by atoms with Gasteiger partial charge >= 0.3 is 0 Å². The molecule has 1 aliphatic heterocycles.